The summed E-state index contributed by atoms with van der Waals surface area (Å²) < 4.78 is 5.39. The molecule has 0 N–H and O–H groups in total. The second-order valence-electron chi connectivity index (χ2n) is 3.48. The van der Waals surface area contributed by atoms with E-state index in [-0.39, 0.29) is 17.3 Å². The van der Waals surface area contributed by atoms with Crippen LogP contribution in [0, 0.1) is 10.1 Å². The van der Waals surface area contributed by atoms with Gasteiger partial charge in [0.1, 0.15) is 5.01 Å². The molecule has 0 aliphatic carbocycles. The maximum atomic E-state index is 11.0. The highest BCUT2D eigenvalue weighted by atomic mass is 35.5. The highest BCUT2D eigenvalue weighted by Crippen LogP contribution is 2.39. The Bertz CT molecular complexity index is 603. The van der Waals surface area contributed by atoms with Crippen LogP contribution in [0.1, 0.15) is 11.9 Å². The number of para-hydroxylation sites is 1. The van der Waals surface area contributed by atoms with E-state index >= 15 is 0 Å². The van der Waals surface area contributed by atoms with Gasteiger partial charge in [-0.1, -0.05) is 17.4 Å². The van der Waals surface area contributed by atoms with Gasteiger partial charge in [0.05, 0.1) is 23.0 Å². The van der Waals surface area contributed by atoms with Crippen molar-refractivity contribution in [2.24, 2.45) is 0 Å². The molecule has 0 atom stereocenters. The minimum Gasteiger partial charge on any atom is -0.487 e. The number of benzene rings is 1. The smallest absolute Gasteiger partial charge is 0.311 e. The lowest BCUT2D eigenvalue weighted by molar-refractivity contribution is -0.385. The van der Waals surface area contributed by atoms with Crippen LogP contribution in [0.3, 0.4) is 0 Å². The van der Waals surface area contributed by atoms with Crippen molar-refractivity contribution in [2.75, 3.05) is 6.61 Å². The first-order valence-corrected chi connectivity index (χ1v) is 6.81. The van der Waals surface area contributed by atoms with Crippen LogP contribution in [0.4, 0.5) is 5.69 Å². The van der Waals surface area contributed by atoms with Crippen LogP contribution < -0.4 is 4.74 Å². The van der Waals surface area contributed by atoms with Crippen LogP contribution in [0.15, 0.2) is 18.2 Å². The van der Waals surface area contributed by atoms with Crippen LogP contribution in [0.25, 0.3) is 10.6 Å². The molecule has 0 aliphatic rings. The van der Waals surface area contributed by atoms with E-state index in [9.17, 15) is 10.1 Å². The number of ether oxygens (including phenoxy) is 1. The SMILES string of the molecule is CCOc1c(-c2nnc(CCl)s2)cccc1[N+](=O)[O-]. The first-order valence-electron chi connectivity index (χ1n) is 5.46. The van der Waals surface area contributed by atoms with Crippen LogP contribution in [-0.4, -0.2) is 21.7 Å². The molecule has 0 saturated carbocycles. The molecule has 0 spiro atoms. The average molecular weight is 300 g/mol. The Morgan fingerprint density at radius 1 is 1.47 bits per heavy atom. The second-order valence-corrected chi connectivity index (χ2v) is 4.81. The van der Waals surface area contributed by atoms with Crippen molar-refractivity contribution in [1.82, 2.24) is 10.2 Å². The van der Waals surface area contributed by atoms with Gasteiger partial charge in [-0.25, -0.2) is 0 Å². The minimum atomic E-state index is -0.474. The molecule has 6 nitrogen and oxygen atoms in total. The lowest BCUT2D eigenvalue weighted by Gasteiger charge is -2.07. The van der Waals surface area contributed by atoms with E-state index in [0.29, 0.717) is 22.2 Å². The summed E-state index contributed by atoms with van der Waals surface area (Å²) >= 11 is 6.97. The zero-order valence-electron chi connectivity index (χ0n) is 10.00. The van der Waals surface area contributed by atoms with Gasteiger partial charge in [-0.3, -0.25) is 10.1 Å². The number of rotatable bonds is 5. The Hall–Kier alpha value is -1.73. The Balaban J connectivity index is 2.55. The molecule has 8 heteroatoms. The fourth-order valence-electron chi connectivity index (χ4n) is 1.55. The predicted molar refractivity (Wildman–Crippen MR) is 72.7 cm³/mol. The van der Waals surface area contributed by atoms with Gasteiger partial charge in [0.2, 0.25) is 5.75 Å². The number of halogens is 1. The molecule has 0 unspecified atom stereocenters. The van der Waals surface area contributed by atoms with Crippen LogP contribution in [0.5, 0.6) is 5.75 Å². The lowest BCUT2D eigenvalue weighted by Crippen LogP contribution is -1.99. The summed E-state index contributed by atoms with van der Waals surface area (Å²) in [6.45, 7) is 2.10. The highest BCUT2D eigenvalue weighted by molar-refractivity contribution is 7.14. The first-order chi connectivity index (χ1) is 9.17. The maximum absolute atomic E-state index is 11.0. The second kappa shape index (κ2) is 5.94. The summed E-state index contributed by atoms with van der Waals surface area (Å²) in [5, 5.41) is 20.1. The Morgan fingerprint density at radius 3 is 2.84 bits per heavy atom. The zero-order chi connectivity index (χ0) is 13.8. The van der Waals surface area contributed by atoms with Gasteiger partial charge < -0.3 is 4.74 Å². The molecule has 100 valence electrons. The van der Waals surface area contributed by atoms with Crippen LogP contribution in [-0.2, 0) is 5.88 Å². The topological polar surface area (TPSA) is 78.2 Å². The molecule has 19 heavy (non-hydrogen) atoms. The molecule has 0 radical (unpaired) electrons. The lowest BCUT2D eigenvalue weighted by atomic mass is 10.2. The largest absolute Gasteiger partial charge is 0.487 e. The molecule has 1 aromatic carbocycles. The normalized spacial score (nSPS) is 10.4. The van der Waals surface area contributed by atoms with Gasteiger partial charge >= 0.3 is 5.69 Å². The fraction of sp³-hybridized carbons (Fsp3) is 0.273. The Morgan fingerprint density at radius 2 is 2.26 bits per heavy atom. The van der Waals surface area contributed by atoms with E-state index in [2.05, 4.69) is 10.2 Å². The van der Waals surface area contributed by atoms with E-state index in [0.717, 1.165) is 0 Å². The van der Waals surface area contributed by atoms with Gasteiger partial charge in [0, 0.05) is 6.07 Å². The number of alkyl halides is 1. The molecule has 0 fully saturated rings. The molecule has 0 saturated heterocycles. The summed E-state index contributed by atoms with van der Waals surface area (Å²) in [5.74, 6) is 0.476. The highest BCUT2D eigenvalue weighted by Gasteiger charge is 2.21. The van der Waals surface area contributed by atoms with Crippen molar-refractivity contribution in [3.63, 3.8) is 0 Å². The van der Waals surface area contributed by atoms with Gasteiger partial charge in [-0.15, -0.1) is 21.8 Å². The van der Waals surface area contributed by atoms with Crippen molar-refractivity contribution in [3.8, 4) is 16.3 Å². The van der Waals surface area contributed by atoms with Crippen LogP contribution in [0.2, 0.25) is 0 Å². The average Bonchev–Trinajstić information content (AvgIpc) is 2.87. The van der Waals surface area contributed by atoms with Crippen molar-refractivity contribution in [2.45, 2.75) is 12.8 Å². The number of hydrogen-bond donors (Lipinski definition) is 0. The summed E-state index contributed by atoms with van der Waals surface area (Å²) in [6.07, 6.45) is 0. The zero-order valence-corrected chi connectivity index (χ0v) is 11.6. The third-order valence-electron chi connectivity index (χ3n) is 2.29. The fourth-order valence-corrected chi connectivity index (χ4v) is 2.48. The van der Waals surface area contributed by atoms with Gasteiger partial charge in [-0.05, 0) is 13.0 Å². The summed E-state index contributed by atoms with van der Waals surface area (Å²) in [7, 11) is 0. The third-order valence-corrected chi connectivity index (χ3v) is 3.66. The van der Waals surface area contributed by atoms with Gasteiger partial charge in [0.25, 0.3) is 0 Å². The summed E-state index contributed by atoms with van der Waals surface area (Å²) in [6, 6.07) is 4.71. The molecule has 0 bridgehead atoms. The quantitative estimate of drug-likeness (QED) is 0.481. The molecule has 2 aromatic rings. The number of hydrogen-bond acceptors (Lipinski definition) is 6. The maximum Gasteiger partial charge on any atom is 0.311 e. The van der Waals surface area contributed by atoms with E-state index in [4.69, 9.17) is 16.3 Å². The monoisotopic (exact) mass is 299 g/mol. The number of nitro groups is 1. The van der Waals surface area contributed by atoms with E-state index in [1.165, 1.54) is 17.4 Å². The van der Waals surface area contributed by atoms with Crippen molar-refractivity contribution < 1.29 is 9.66 Å². The standard InChI is InChI=1S/C11H10ClN3O3S/c1-2-18-10-7(4-3-5-8(10)15(16)17)11-14-13-9(6-12)19-11/h3-5H,2,6H2,1H3. The minimum absolute atomic E-state index is 0.0815. The number of nitrogens with zero attached hydrogens (tertiary/aromatic N) is 3. The molecular formula is C11H10ClN3O3S. The summed E-state index contributed by atoms with van der Waals surface area (Å²) in [5.41, 5.74) is 0.479. The molecule has 2 rings (SSSR count). The molecule has 1 heterocycles. The van der Waals surface area contributed by atoms with Crippen LogP contribution >= 0.6 is 22.9 Å². The molecule has 0 aliphatic heterocycles. The van der Waals surface area contributed by atoms with Gasteiger partial charge in [0.15, 0.2) is 5.01 Å². The number of aromatic nitrogens is 2. The number of nitro benzene ring substituents is 1. The van der Waals surface area contributed by atoms with E-state index in [1.54, 1.807) is 19.1 Å². The van der Waals surface area contributed by atoms with Crippen molar-refractivity contribution >= 4 is 28.6 Å². The Kier molecular flexibility index (Phi) is 4.28. The Labute approximate surface area is 118 Å². The molecule has 1 aromatic heterocycles. The van der Waals surface area contributed by atoms with E-state index < -0.39 is 4.92 Å². The van der Waals surface area contributed by atoms with Crippen molar-refractivity contribution in [1.29, 1.82) is 0 Å². The van der Waals surface area contributed by atoms with Crippen molar-refractivity contribution in [3.05, 3.63) is 33.3 Å². The van der Waals surface area contributed by atoms with Gasteiger partial charge in [-0.2, -0.15) is 0 Å². The first kappa shape index (κ1) is 13.7. The third kappa shape index (κ3) is 2.82. The predicted octanol–water partition coefficient (Wildman–Crippen LogP) is 3.25. The molecule has 0 amide bonds. The van der Waals surface area contributed by atoms with E-state index in [1.807, 2.05) is 0 Å². The molecular weight excluding hydrogens is 290 g/mol. The summed E-state index contributed by atoms with van der Waals surface area (Å²) in [4.78, 5) is 10.5.